The summed E-state index contributed by atoms with van der Waals surface area (Å²) in [6.45, 7) is 4.87. The normalized spacial score (nSPS) is 12.0. The number of pyridine rings is 1. The largest absolute Gasteiger partial charge is 0.493 e. The fourth-order valence-corrected chi connectivity index (χ4v) is 4.93. The van der Waals surface area contributed by atoms with E-state index in [2.05, 4.69) is 119 Å². The number of aromatic nitrogens is 3. The highest BCUT2D eigenvalue weighted by atomic mass is 16.5. The van der Waals surface area contributed by atoms with Crippen LogP contribution in [-0.4, -0.2) is 27.7 Å². The maximum absolute atomic E-state index is 10.5. The fraction of sp³-hybridized carbons (Fsp3) is 0.295. The number of primary amides is 1. The van der Waals surface area contributed by atoms with Crippen LogP contribution in [-0.2, 0) is 11.2 Å². The van der Waals surface area contributed by atoms with Crippen LogP contribution >= 0.6 is 0 Å². The molecule has 3 N–H and O–H groups in total. The number of nitrogens with two attached hydrogens (primary N) is 1. The number of hydrogen-bond donors (Lipinski definition) is 2. The molecule has 0 saturated carbocycles. The van der Waals surface area contributed by atoms with Gasteiger partial charge in [-0.15, -0.1) is 0 Å². The van der Waals surface area contributed by atoms with Crippen molar-refractivity contribution in [3.05, 3.63) is 151 Å². The molecule has 262 valence electrons. The van der Waals surface area contributed by atoms with Crippen molar-refractivity contribution >= 4 is 16.8 Å². The van der Waals surface area contributed by atoms with E-state index in [1.54, 1.807) is 6.20 Å². The molecule has 0 unspecified atom stereocenters. The van der Waals surface area contributed by atoms with Gasteiger partial charge < -0.3 is 10.5 Å². The van der Waals surface area contributed by atoms with Gasteiger partial charge in [-0.1, -0.05) is 116 Å². The number of carbonyl (C=O) groups is 1. The van der Waals surface area contributed by atoms with Gasteiger partial charge in [-0.2, -0.15) is 5.10 Å². The second-order valence-electron chi connectivity index (χ2n) is 11.8. The minimum atomic E-state index is -0.241. The number of carbonyl (C=O) groups excluding carboxylic acids is 1. The van der Waals surface area contributed by atoms with Gasteiger partial charge >= 0.3 is 0 Å². The Balaban J connectivity index is 0.000000272. The van der Waals surface area contributed by atoms with Crippen LogP contribution in [0.4, 0.5) is 0 Å². The van der Waals surface area contributed by atoms with Gasteiger partial charge in [0.25, 0.3) is 0 Å². The highest BCUT2D eigenvalue weighted by molar-refractivity contribution is 5.86. The quantitative estimate of drug-likeness (QED) is 0.0723. The Labute approximate surface area is 299 Å². The van der Waals surface area contributed by atoms with Crippen LogP contribution in [0.3, 0.4) is 0 Å². The molecule has 6 heteroatoms. The van der Waals surface area contributed by atoms with E-state index < -0.39 is 0 Å². The average Bonchev–Trinajstić information content (AvgIpc) is 3.51. The maximum Gasteiger partial charge on any atom is 0.217 e. The SMILES string of the molecule is CC/C=C\C/C=C\C/C=C\C/C=C\C/C=C\C/C=C\CCC(N)=O.Cc1[nH]nc2ccc(-c3cc(OCCCc4ccccc4)ccn3)cc12. The molecule has 0 fully saturated rings. The molecular formula is C44H54N4O2. The number of hydrogen-bond acceptors (Lipinski definition) is 4. The number of nitrogens with zero attached hydrogens (tertiary/aromatic N) is 2. The number of fused-ring (bicyclic) bond motifs is 1. The molecule has 4 aromatic rings. The van der Waals surface area contributed by atoms with Crippen molar-refractivity contribution in [2.24, 2.45) is 5.73 Å². The van der Waals surface area contributed by atoms with Crippen LogP contribution in [0.25, 0.3) is 22.2 Å². The third-order valence-corrected chi connectivity index (χ3v) is 7.65. The molecule has 2 heterocycles. The van der Waals surface area contributed by atoms with Gasteiger partial charge in [0, 0.05) is 35.3 Å². The molecule has 0 saturated heterocycles. The van der Waals surface area contributed by atoms with Crippen molar-refractivity contribution in [3.8, 4) is 17.0 Å². The number of aryl methyl sites for hydroxylation is 2. The van der Waals surface area contributed by atoms with Crippen LogP contribution in [0, 0.1) is 6.92 Å². The number of amides is 1. The van der Waals surface area contributed by atoms with Crippen LogP contribution in [0.1, 0.15) is 76.0 Å². The molecular weight excluding hydrogens is 617 g/mol. The first-order valence-corrected chi connectivity index (χ1v) is 17.8. The van der Waals surface area contributed by atoms with Crippen molar-refractivity contribution < 1.29 is 9.53 Å². The molecule has 0 aliphatic heterocycles. The monoisotopic (exact) mass is 670 g/mol. The molecule has 0 atom stereocenters. The van der Waals surface area contributed by atoms with Crippen LogP contribution in [0.15, 0.2) is 140 Å². The van der Waals surface area contributed by atoms with Crippen LogP contribution < -0.4 is 10.5 Å². The maximum atomic E-state index is 10.5. The van der Waals surface area contributed by atoms with Crippen LogP contribution in [0.5, 0.6) is 5.75 Å². The predicted octanol–water partition coefficient (Wildman–Crippen LogP) is 10.9. The second-order valence-corrected chi connectivity index (χ2v) is 11.8. The van der Waals surface area contributed by atoms with Gasteiger partial charge in [0.1, 0.15) is 5.75 Å². The molecule has 0 bridgehead atoms. The van der Waals surface area contributed by atoms with E-state index in [0.29, 0.717) is 13.0 Å². The third kappa shape index (κ3) is 16.7. The summed E-state index contributed by atoms with van der Waals surface area (Å²) in [5.74, 6) is 0.613. The van der Waals surface area contributed by atoms with Gasteiger partial charge in [0.2, 0.25) is 5.91 Å². The Kier molecular flexibility index (Phi) is 19.5. The van der Waals surface area contributed by atoms with E-state index in [1.165, 1.54) is 5.56 Å². The lowest BCUT2D eigenvalue weighted by Gasteiger charge is -2.08. The lowest BCUT2D eigenvalue weighted by Crippen LogP contribution is -2.08. The molecule has 6 nitrogen and oxygen atoms in total. The van der Waals surface area contributed by atoms with Crippen molar-refractivity contribution in [3.63, 3.8) is 0 Å². The van der Waals surface area contributed by atoms with Gasteiger partial charge in [-0.05, 0) is 88.5 Å². The molecule has 0 spiro atoms. The highest BCUT2D eigenvalue weighted by Gasteiger charge is 2.06. The van der Waals surface area contributed by atoms with Gasteiger partial charge in [-0.3, -0.25) is 14.9 Å². The fourth-order valence-electron chi connectivity index (χ4n) is 4.93. The molecule has 1 amide bonds. The van der Waals surface area contributed by atoms with Gasteiger partial charge in [-0.25, -0.2) is 0 Å². The Hall–Kier alpha value is -5.23. The smallest absolute Gasteiger partial charge is 0.217 e. The zero-order valence-corrected chi connectivity index (χ0v) is 29.8. The highest BCUT2D eigenvalue weighted by Crippen LogP contribution is 2.26. The molecule has 50 heavy (non-hydrogen) atoms. The van der Waals surface area contributed by atoms with E-state index >= 15 is 0 Å². The third-order valence-electron chi connectivity index (χ3n) is 7.65. The Morgan fingerprint density at radius 2 is 1.40 bits per heavy atom. The summed E-state index contributed by atoms with van der Waals surface area (Å²) in [6.07, 6.45) is 37.0. The summed E-state index contributed by atoms with van der Waals surface area (Å²) < 4.78 is 5.93. The Bertz CT molecular complexity index is 1710. The Morgan fingerprint density at radius 3 is 2.02 bits per heavy atom. The standard InChI is InChI=1S/C22H21N3O.C22H33NO/c1-16-20-14-18(9-10-21(20)25-24-16)22-15-19(11-12-23-22)26-13-5-8-17-6-3-2-4-7-17;1-2-3-4-5-6-7-8-9-10-11-12-13-14-15-16-17-18-19-20-21-22(23)24/h2-4,6-7,9-12,14-15H,5,8,13H2,1H3,(H,24,25);3-4,6-7,9-10,12-13,15-16,18-19H,2,5,8,11,14,17,20-21H2,1H3,(H2,23,24)/b;4-3-,7-6-,10-9-,13-12-,16-15-,19-18-. The summed E-state index contributed by atoms with van der Waals surface area (Å²) in [5.41, 5.74) is 10.4. The average molecular weight is 671 g/mol. The number of rotatable bonds is 20. The number of aromatic amines is 1. The number of ether oxygens (including phenoxy) is 1. The number of allylic oxidation sites excluding steroid dienone is 12. The summed E-state index contributed by atoms with van der Waals surface area (Å²) in [4.78, 5) is 15.0. The lowest BCUT2D eigenvalue weighted by molar-refractivity contribution is -0.117. The zero-order valence-electron chi connectivity index (χ0n) is 29.8. The summed E-state index contributed by atoms with van der Waals surface area (Å²) >= 11 is 0. The van der Waals surface area contributed by atoms with Crippen molar-refractivity contribution in [2.75, 3.05) is 6.61 Å². The first kappa shape index (κ1) is 39.2. The molecule has 4 rings (SSSR count). The minimum Gasteiger partial charge on any atom is -0.493 e. The van der Waals surface area contributed by atoms with Crippen molar-refractivity contribution in [1.29, 1.82) is 0 Å². The molecule has 2 aromatic heterocycles. The topological polar surface area (TPSA) is 93.9 Å². The molecule has 0 aliphatic rings. The second kappa shape index (κ2) is 24.8. The van der Waals surface area contributed by atoms with E-state index in [-0.39, 0.29) is 5.91 Å². The first-order valence-electron chi connectivity index (χ1n) is 17.8. The first-order chi connectivity index (χ1) is 24.6. The number of H-pyrrole nitrogens is 1. The number of nitrogens with one attached hydrogen (secondary N) is 1. The summed E-state index contributed by atoms with van der Waals surface area (Å²) in [6, 6.07) is 20.6. The van der Waals surface area contributed by atoms with E-state index in [9.17, 15) is 4.79 Å². The van der Waals surface area contributed by atoms with Crippen LogP contribution in [0.2, 0.25) is 0 Å². The molecule has 0 aliphatic carbocycles. The Morgan fingerprint density at radius 1 is 0.780 bits per heavy atom. The lowest BCUT2D eigenvalue weighted by atomic mass is 10.1. The van der Waals surface area contributed by atoms with Gasteiger partial charge in [0.05, 0.1) is 17.8 Å². The molecule has 0 radical (unpaired) electrons. The van der Waals surface area contributed by atoms with E-state index in [0.717, 1.165) is 91.4 Å². The summed E-state index contributed by atoms with van der Waals surface area (Å²) in [5, 5.41) is 8.42. The predicted molar refractivity (Wildman–Crippen MR) is 211 cm³/mol. The number of benzene rings is 2. The zero-order chi connectivity index (χ0) is 35.5. The summed E-state index contributed by atoms with van der Waals surface area (Å²) in [7, 11) is 0. The van der Waals surface area contributed by atoms with E-state index in [4.69, 9.17) is 10.5 Å². The van der Waals surface area contributed by atoms with Crippen molar-refractivity contribution in [2.45, 2.75) is 78.1 Å². The molecule has 2 aromatic carbocycles. The van der Waals surface area contributed by atoms with Gasteiger partial charge in [0.15, 0.2) is 0 Å². The van der Waals surface area contributed by atoms with Crippen molar-refractivity contribution in [1.82, 2.24) is 15.2 Å². The minimum absolute atomic E-state index is 0.241. The van der Waals surface area contributed by atoms with E-state index in [1.807, 2.05) is 43.3 Å².